The van der Waals surface area contributed by atoms with E-state index in [-0.39, 0.29) is 11.8 Å². The van der Waals surface area contributed by atoms with Crippen LogP contribution >= 0.6 is 11.5 Å². The highest BCUT2D eigenvalue weighted by Crippen LogP contribution is 2.40. The summed E-state index contributed by atoms with van der Waals surface area (Å²) in [4.78, 5) is 11.3. The van der Waals surface area contributed by atoms with Crippen LogP contribution in [0.5, 0.6) is 5.75 Å². The lowest BCUT2D eigenvalue weighted by Gasteiger charge is -2.37. The molecule has 1 aliphatic heterocycles. The van der Waals surface area contributed by atoms with E-state index >= 15 is 0 Å². The van der Waals surface area contributed by atoms with Crippen LogP contribution in [0.2, 0.25) is 0 Å². The fraction of sp³-hybridized carbons (Fsp3) is 0.579. The molecule has 1 saturated carbocycles. The number of nitrogens with zero attached hydrogens (tertiary/aromatic N) is 6. The molecule has 1 N–H and O–H groups in total. The molecule has 0 amide bonds. The van der Waals surface area contributed by atoms with Crippen molar-refractivity contribution in [1.82, 2.24) is 24.0 Å². The number of pyridine rings is 1. The van der Waals surface area contributed by atoms with Crippen LogP contribution in [0, 0.1) is 18.8 Å². The molecule has 1 aliphatic carbocycles. The van der Waals surface area contributed by atoms with E-state index in [0.29, 0.717) is 23.4 Å². The van der Waals surface area contributed by atoms with Crippen molar-refractivity contribution < 1.29 is 17.9 Å². The summed E-state index contributed by atoms with van der Waals surface area (Å²) in [7, 11) is 0. The molecule has 5 rings (SSSR count). The van der Waals surface area contributed by atoms with Gasteiger partial charge in [0.25, 0.3) is 0 Å². The molecule has 3 aromatic heterocycles. The van der Waals surface area contributed by atoms with Crippen molar-refractivity contribution in [2.24, 2.45) is 11.8 Å². The molecular weight excluding hydrogens is 431 g/mol. The SMILES string of the molecule is Cc1nsc(N2C[C@H]3CC[C@@H](C2)C3Nc2nc3c(OCCC(F)(F)F)cccn3n2)n1. The second-order valence-corrected chi connectivity index (χ2v) is 8.82. The fourth-order valence-electron chi connectivity index (χ4n) is 4.51. The molecule has 1 saturated heterocycles. The summed E-state index contributed by atoms with van der Waals surface area (Å²) in [5.41, 5.74) is 0.404. The minimum atomic E-state index is -4.26. The average molecular weight is 453 g/mol. The van der Waals surface area contributed by atoms with Crippen LogP contribution in [0.15, 0.2) is 18.3 Å². The molecule has 1 unspecified atom stereocenters. The smallest absolute Gasteiger partial charge is 0.392 e. The quantitative estimate of drug-likeness (QED) is 0.611. The first-order valence-corrected chi connectivity index (χ1v) is 11.0. The number of aryl methyl sites for hydroxylation is 1. The molecule has 0 spiro atoms. The Kier molecular flexibility index (Phi) is 5.11. The second kappa shape index (κ2) is 7.81. The van der Waals surface area contributed by atoms with Gasteiger partial charge in [-0.15, -0.1) is 5.10 Å². The third-order valence-electron chi connectivity index (χ3n) is 5.89. The Hall–Kier alpha value is -2.63. The van der Waals surface area contributed by atoms with Crippen molar-refractivity contribution in [3.05, 3.63) is 24.2 Å². The molecule has 4 heterocycles. The van der Waals surface area contributed by atoms with Gasteiger partial charge in [-0.25, -0.2) is 9.50 Å². The van der Waals surface area contributed by atoms with Crippen LogP contribution in [-0.4, -0.2) is 55.9 Å². The highest BCUT2D eigenvalue weighted by molar-refractivity contribution is 7.09. The molecule has 2 bridgehead atoms. The van der Waals surface area contributed by atoms with Gasteiger partial charge in [0, 0.05) is 36.9 Å². The minimum Gasteiger partial charge on any atom is -0.489 e. The zero-order chi connectivity index (χ0) is 21.6. The molecule has 31 heavy (non-hydrogen) atoms. The molecule has 8 nitrogen and oxygen atoms in total. The van der Waals surface area contributed by atoms with Crippen LogP contribution in [0.4, 0.5) is 24.3 Å². The lowest BCUT2D eigenvalue weighted by molar-refractivity contribution is -0.139. The van der Waals surface area contributed by atoms with Crippen molar-refractivity contribution in [2.75, 3.05) is 29.9 Å². The normalized spacial score (nSPS) is 23.5. The monoisotopic (exact) mass is 453 g/mol. The zero-order valence-corrected chi connectivity index (χ0v) is 17.7. The number of anilines is 2. The topological polar surface area (TPSA) is 80.5 Å². The van der Waals surface area contributed by atoms with Crippen LogP contribution in [0.3, 0.4) is 0 Å². The first kappa shape index (κ1) is 20.3. The number of halogens is 3. The molecule has 12 heteroatoms. The number of piperidine rings is 1. The summed E-state index contributed by atoms with van der Waals surface area (Å²) >= 11 is 1.44. The average Bonchev–Trinajstić information content (AvgIpc) is 3.37. The second-order valence-electron chi connectivity index (χ2n) is 8.09. The van der Waals surface area contributed by atoms with Gasteiger partial charge in [0.15, 0.2) is 11.4 Å². The van der Waals surface area contributed by atoms with Crippen LogP contribution in [0.1, 0.15) is 25.1 Å². The van der Waals surface area contributed by atoms with Gasteiger partial charge in [-0.1, -0.05) is 0 Å². The van der Waals surface area contributed by atoms with E-state index < -0.39 is 19.2 Å². The lowest BCUT2D eigenvalue weighted by atomic mass is 9.92. The number of aromatic nitrogens is 5. The molecular formula is C19H22F3N7OS. The molecule has 166 valence electrons. The summed E-state index contributed by atoms with van der Waals surface area (Å²) < 4.78 is 48.4. The van der Waals surface area contributed by atoms with Crippen molar-refractivity contribution in [2.45, 2.75) is 38.4 Å². The van der Waals surface area contributed by atoms with Gasteiger partial charge in [0.05, 0.1) is 13.0 Å². The van der Waals surface area contributed by atoms with Gasteiger partial charge < -0.3 is 15.0 Å². The summed E-state index contributed by atoms with van der Waals surface area (Å²) in [5, 5.41) is 8.91. The Balaban J connectivity index is 1.28. The summed E-state index contributed by atoms with van der Waals surface area (Å²) in [6.45, 7) is 3.26. The molecule has 2 fully saturated rings. The predicted octanol–water partition coefficient (Wildman–Crippen LogP) is 3.55. The van der Waals surface area contributed by atoms with Crippen LogP contribution in [-0.2, 0) is 0 Å². The largest absolute Gasteiger partial charge is 0.489 e. The third-order valence-corrected chi connectivity index (χ3v) is 6.75. The maximum absolute atomic E-state index is 12.4. The lowest BCUT2D eigenvalue weighted by Crippen LogP contribution is -2.48. The van der Waals surface area contributed by atoms with Gasteiger partial charge in [-0.3, -0.25) is 0 Å². The molecule has 3 atom stereocenters. The van der Waals surface area contributed by atoms with E-state index in [4.69, 9.17) is 4.74 Å². The summed E-state index contributed by atoms with van der Waals surface area (Å²) in [5.74, 6) is 2.44. The molecule has 2 aliphatic rings. The van der Waals surface area contributed by atoms with Crippen molar-refractivity contribution in [3.63, 3.8) is 0 Å². The number of nitrogens with one attached hydrogen (secondary N) is 1. The van der Waals surface area contributed by atoms with Crippen molar-refractivity contribution in [1.29, 1.82) is 0 Å². The Morgan fingerprint density at radius 1 is 1.23 bits per heavy atom. The maximum Gasteiger partial charge on any atom is 0.392 e. The number of fused-ring (bicyclic) bond motifs is 3. The van der Waals surface area contributed by atoms with E-state index in [0.717, 1.165) is 36.9 Å². The number of hydrogen-bond donors (Lipinski definition) is 1. The van der Waals surface area contributed by atoms with Crippen molar-refractivity contribution >= 4 is 28.3 Å². The first-order chi connectivity index (χ1) is 14.9. The van der Waals surface area contributed by atoms with Gasteiger partial charge in [0.1, 0.15) is 5.82 Å². The van der Waals surface area contributed by atoms with Gasteiger partial charge >= 0.3 is 6.18 Å². The van der Waals surface area contributed by atoms with E-state index in [1.54, 1.807) is 18.3 Å². The Morgan fingerprint density at radius 2 is 2.00 bits per heavy atom. The third kappa shape index (κ3) is 4.25. The van der Waals surface area contributed by atoms with E-state index in [9.17, 15) is 13.2 Å². The first-order valence-electron chi connectivity index (χ1n) is 10.2. The Bertz CT molecular complexity index is 1050. The Morgan fingerprint density at radius 3 is 2.68 bits per heavy atom. The number of ether oxygens (including phenoxy) is 1. The fourth-order valence-corrected chi connectivity index (χ4v) is 5.20. The molecule has 3 aromatic rings. The van der Waals surface area contributed by atoms with Crippen LogP contribution in [0.25, 0.3) is 5.65 Å². The zero-order valence-electron chi connectivity index (χ0n) is 16.8. The highest BCUT2D eigenvalue weighted by atomic mass is 32.1. The Labute approximate surface area is 180 Å². The van der Waals surface area contributed by atoms with E-state index in [2.05, 4.69) is 29.7 Å². The van der Waals surface area contributed by atoms with Crippen molar-refractivity contribution in [3.8, 4) is 5.75 Å². The number of hydrogen-bond acceptors (Lipinski definition) is 8. The highest BCUT2D eigenvalue weighted by Gasteiger charge is 2.43. The molecule has 0 radical (unpaired) electrons. The van der Waals surface area contributed by atoms with Gasteiger partial charge in [-0.2, -0.15) is 22.5 Å². The van der Waals surface area contributed by atoms with E-state index in [1.165, 1.54) is 16.0 Å². The van der Waals surface area contributed by atoms with Gasteiger partial charge in [0.2, 0.25) is 11.1 Å². The van der Waals surface area contributed by atoms with Gasteiger partial charge in [-0.05, 0) is 43.7 Å². The standard InChI is InChI=1S/C19H22F3N7OS/c1-11-23-18(31-27-11)28-9-12-4-5-13(10-28)15(12)24-17-25-16-14(3-2-7-29(16)26-17)30-8-6-19(20,21)22/h2-3,7,12-13,15H,4-6,8-10H2,1H3,(H,24,26)/t12-,13+,15?. The minimum absolute atomic E-state index is 0.247. The van der Waals surface area contributed by atoms with Crippen LogP contribution < -0.4 is 15.0 Å². The number of alkyl halides is 3. The number of rotatable bonds is 6. The molecule has 0 aromatic carbocycles. The maximum atomic E-state index is 12.4. The summed E-state index contributed by atoms with van der Waals surface area (Å²) in [6.07, 6.45) is -1.32. The summed E-state index contributed by atoms with van der Waals surface area (Å²) in [6, 6.07) is 3.54. The van der Waals surface area contributed by atoms with E-state index in [1.807, 2.05) is 6.92 Å². The predicted molar refractivity (Wildman–Crippen MR) is 110 cm³/mol.